The van der Waals surface area contributed by atoms with Gasteiger partial charge in [0.2, 0.25) is 5.24 Å². The fourth-order valence-electron chi connectivity index (χ4n) is 1.13. The molecule has 0 spiro atoms. The molecule has 0 fully saturated rings. The minimum atomic E-state index is -0.274. The molecule has 76 valence electrons. The number of halogens is 1. The highest BCUT2D eigenvalue weighted by atomic mass is 35.5. The third-order valence-corrected chi connectivity index (χ3v) is 2.24. The smallest absolute Gasteiger partial charge is 0.248 e. The van der Waals surface area contributed by atoms with Crippen LogP contribution in [0.3, 0.4) is 0 Å². The first-order valence-corrected chi connectivity index (χ1v) is 5.49. The third-order valence-electron chi connectivity index (χ3n) is 2.00. The van der Waals surface area contributed by atoms with E-state index >= 15 is 0 Å². The lowest BCUT2D eigenvalue weighted by molar-refractivity contribution is -0.108. The summed E-state index contributed by atoms with van der Waals surface area (Å²) in [6.45, 7) is 4.25. The molecule has 0 radical (unpaired) electrons. The van der Waals surface area contributed by atoms with Gasteiger partial charge in [-0.1, -0.05) is 39.2 Å². The predicted octanol–water partition coefficient (Wildman–Crippen LogP) is 4.06. The summed E-state index contributed by atoms with van der Waals surface area (Å²) in [4.78, 5) is 10.9. The Bertz CT molecular complexity index is 173. The van der Waals surface area contributed by atoms with Gasteiger partial charge in [0.1, 0.15) is 0 Å². The van der Waals surface area contributed by atoms with Crippen LogP contribution in [0.5, 0.6) is 0 Å². The Morgan fingerprint density at radius 3 is 2.31 bits per heavy atom. The van der Waals surface area contributed by atoms with E-state index in [0.717, 1.165) is 44.1 Å². The zero-order valence-electron chi connectivity index (χ0n) is 8.61. The summed E-state index contributed by atoms with van der Waals surface area (Å²) in [5, 5.41) is -0.274. The van der Waals surface area contributed by atoms with Crippen molar-refractivity contribution in [2.24, 2.45) is 0 Å². The van der Waals surface area contributed by atoms with Gasteiger partial charge in [0.15, 0.2) is 0 Å². The highest BCUT2D eigenvalue weighted by Gasteiger charge is 2.03. The van der Waals surface area contributed by atoms with Crippen LogP contribution in [0.25, 0.3) is 0 Å². The fraction of sp³-hybridized carbons (Fsp3) is 0.727. The Morgan fingerprint density at radius 1 is 1.23 bits per heavy atom. The van der Waals surface area contributed by atoms with Crippen LogP contribution in [0.4, 0.5) is 0 Å². The van der Waals surface area contributed by atoms with Crippen LogP contribution >= 0.6 is 11.6 Å². The Balaban J connectivity index is 3.92. The van der Waals surface area contributed by atoms with Crippen LogP contribution in [0, 0.1) is 0 Å². The van der Waals surface area contributed by atoms with E-state index < -0.39 is 0 Å². The van der Waals surface area contributed by atoms with E-state index in [-0.39, 0.29) is 5.24 Å². The van der Waals surface area contributed by atoms with Crippen molar-refractivity contribution in [1.82, 2.24) is 0 Å². The molecule has 0 aliphatic carbocycles. The average molecular weight is 203 g/mol. The van der Waals surface area contributed by atoms with Crippen molar-refractivity contribution in [1.29, 1.82) is 0 Å². The molecule has 0 saturated carbocycles. The van der Waals surface area contributed by atoms with Gasteiger partial charge in [-0.3, -0.25) is 4.79 Å². The van der Waals surface area contributed by atoms with Gasteiger partial charge in [-0.15, -0.1) is 0 Å². The van der Waals surface area contributed by atoms with E-state index in [9.17, 15) is 4.79 Å². The summed E-state index contributed by atoms with van der Waals surface area (Å²) < 4.78 is 0. The minimum Gasteiger partial charge on any atom is -0.276 e. The zero-order chi connectivity index (χ0) is 10.1. The largest absolute Gasteiger partial charge is 0.276 e. The number of carbonyl (C=O) groups excluding carboxylic acids is 1. The quantitative estimate of drug-likeness (QED) is 0.346. The van der Waals surface area contributed by atoms with Crippen molar-refractivity contribution >= 4 is 16.8 Å². The van der Waals surface area contributed by atoms with E-state index in [4.69, 9.17) is 11.6 Å². The Labute approximate surface area is 86.2 Å². The highest BCUT2D eigenvalue weighted by molar-refractivity contribution is 6.67. The van der Waals surface area contributed by atoms with Crippen molar-refractivity contribution in [3.8, 4) is 0 Å². The number of rotatable bonds is 7. The van der Waals surface area contributed by atoms with Crippen LogP contribution in [0.1, 0.15) is 52.4 Å². The van der Waals surface area contributed by atoms with Crippen LogP contribution in [0.15, 0.2) is 11.6 Å². The summed E-state index contributed by atoms with van der Waals surface area (Å²) >= 11 is 5.45. The number of carbonyl (C=O) groups is 1. The zero-order valence-corrected chi connectivity index (χ0v) is 9.36. The molecular weight excluding hydrogens is 184 g/mol. The summed E-state index contributed by atoms with van der Waals surface area (Å²) in [7, 11) is 0. The molecule has 0 amide bonds. The monoisotopic (exact) mass is 202 g/mol. The minimum absolute atomic E-state index is 0.274. The van der Waals surface area contributed by atoms with Gasteiger partial charge < -0.3 is 0 Å². The van der Waals surface area contributed by atoms with Gasteiger partial charge >= 0.3 is 0 Å². The second kappa shape index (κ2) is 8.31. The molecule has 0 aliphatic rings. The molecule has 13 heavy (non-hydrogen) atoms. The van der Waals surface area contributed by atoms with Crippen LogP contribution in [0.2, 0.25) is 0 Å². The summed E-state index contributed by atoms with van der Waals surface area (Å²) in [6, 6.07) is 0. The van der Waals surface area contributed by atoms with Crippen molar-refractivity contribution < 1.29 is 4.79 Å². The number of unbranched alkanes of at least 4 members (excludes halogenated alkanes) is 3. The van der Waals surface area contributed by atoms with Crippen LogP contribution < -0.4 is 0 Å². The van der Waals surface area contributed by atoms with Crippen molar-refractivity contribution in [3.05, 3.63) is 11.6 Å². The lowest BCUT2D eigenvalue weighted by atomic mass is 10.1. The Morgan fingerprint density at radius 2 is 1.85 bits per heavy atom. The summed E-state index contributed by atoms with van der Waals surface area (Å²) in [5.74, 6) is 0. The molecule has 0 unspecified atom stereocenters. The molecule has 0 heterocycles. The van der Waals surface area contributed by atoms with Crippen molar-refractivity contribution in [2.75, 3.05) is 0 Å². The fourth-order valence-corrected chi connectivity index (χ4v) is 1.30. The molecule has 1 nitrogen and oxygen atoms in total. The second-order valence-electron chi connectivity index (χ2n) is 3.25. The van der Waals surface area contributed by atoms with E-state index in [1.54, 1.807) is 0 Å². The van der Waals surface area contributed by atoms with Crippen molar-refractivity contribution in [2.45, 2.75) is 52.4 Å². The summed E-state index contributed by atoms with van der Waals surface area (Å²) in [6.07, 6.45) is 8.27. The second-order valence-corrected chi connectivity index (χ2v) is 3.59. The Hall–Kier alpha value is -0.300. The van der Waals surface area contributed by atoms with Gasteiger partial charge in [-0.2, -0.15) is 0 Å². The third kappa shape index (κ3) is 6.83. The standard InChI is InChI=1S/C11H19ClO/c1-3-5-7-9-10(11(12)13)8-6-4-2/h9H,3-8H2,1-2H3/b10-9+. The molecule has 0 N–H and O–H groups in total. The molecule has 0 aliphatic heterocycles. The summed E-state index contributed by atoms with van der Waals surface area (Å²) in [5.41, 5.74) is 0.803. The first-order chi connectivity index (χ1) is 6.22. The van der Waals surface area contributed by atoms with Gasteiger partial charge in [0, 0.05) is 5.57 Å². The highest BCUT2D eigenvalue weighted by Crippen LogP contribution is 2.12. The SMILES string of the molecule is CCCC/C=C(\CCCC)C(=O)Cl. The molecule has 0 rings (SSSR count). The lowest BCUT2D eigenvalue weighted by Crippen LogP contribution is -1.93. The normalized spacial score (nSPS) is 11.8. The maximum absolute atomic E-state index is 10.9. The number of hydrogen-bond donors (Lipinski definition) is 0. The van der Waals surface area contributed by atoms with E-state index in [1.807, 2.05) is 6.08 Å². The van der Waals surface area contributed by atoms with Gasteiger partial charge in [0.25, 0.3) is 0 Å². The molecule has 0 atom stereocenters. The molecular formula is C11H19ClO. The maximum Gasteiger partial charge on any atom is 0.248 e. The first kappa shape index (κ1) is 12.7. The maximum atomic E-state index is 10.9. The molecule has 0 bridgehead atoms. The van der Waals surface area contributed by atoms with Crippen molar-refractivity contribution in [3.63, 3.8) is 0 Å². The molecule has 0 aromatic rings. The number of allylic oxidation sites excluding steroid dienone is 2. The molecule has 2 heteroatoms. The van der Waals surface area contributed by atoms with E-state index in [2.05, 4.69) is 13.8 Å². The Kier molecular flexibility index (Phi) is 8.11. The topological polar surface area (TPSA) is 17.1 Å². The van der Waals surface area contributed by atoms with Crippen LogP contribution in [-0.4, -0.2) is 5.24 Å². The van der Waals surface area contributed by atoms with Crippen LogP contribution in [-0.2, 0) is 4.79 Å². The molecule has 0 aromatic carbocycles. The molecule has 0 saturated heterocycles. The van der Waals surface area contributed by atoms with E-state index in [1.165, 1.54) is 0 Å². The average Bonchev–Trinajstić information content (AvgIpc) is 2.10. The molecule has 0 aromatic heterocycles. The number of hydrogen-bond acceptors (Lipinski definition) is 1. The van der Waals surface area contributed by atoms with E-state index in [0.29, 0.717) is 0 Å². The first-order valence-electron chi connectivity index (χ1n) is 5.11. The lowest BCUT2D eigenvalue weighted by Gasteiger charge is -2.00. The van der Waals surface area contributed by atoms with Gasteiger partial charge in [0.05, 0.1) is 0 Å². The van der Waals surface area contributed by atoms with Gasteiger partial charge in [-0.05, 0) is 30.9 Å². The van der Waals surface area contributed by atoms with Gasteiger partial charge in [-0.25, -0.2) is 0 Å². The predicted molar refractivity (Wildman–Crippen MR) is 58.0 cm³/mol.